The highest BCUT2D eigenvalue weighted by Gasteiger charge is 2.38. The molecule has 31 heavy (non-hydrogen) atoms. The Morgan fingerprint density at radius 3 is 2.61 bits per heavy atom. The molecule has 0 spiro atoms. The number of amides is 1. The molecule has 2 heterocycles. The zero-order valence-corrected chi connectivity index (χ0v) is 18.9. The minimum Gasteiger partial charge on any atom is -0.378 e. The first kappa shape index (κ1) is 21.3. The molecule has 162 valence electrons. The van der Waals surface area contributed by atoms with E-state index >= 15 is 0 Å². The van der Waals surface area contributed by atoms with Gasteiger partial charge in [0.15, 0.2) is 0 Å². The van der Waals surface area contributed by atoms with E-state index in [1.54, 1.807) is 14.0 Å². The molecule has 0 saturated heterocycles. The van der Waals surface area contributed by atoms with Crippen LogP contribution >= 0.6 is 0 Å². The van der Waals surface area contributed by atoms with Gasteiger partial charge in [-0.1, -0.05) is 31.2 Å². The van der Waals surface area contributed by atoms with Crippen molar-refractivity contribution in [3.8, 4) is 0 Å². The molecule has 0 radical (unpaired) electrons. The highest BCUT2D eigenvalue weighted by atomic mass is 16.2. The molecule has 0 fully saturated rings. The van der Waals surface area contributed by atoms with Gasteiger partial charge in [-0.25, -0.2) is 0 Å². The Hall–Kier alpha value is -2.92. The topological polar surface area (TPSA) is 56.7 Å². The summed E-state index contributed by atoms with van der Waals surface area (Å²) >= 11 is 0. The molecule has 1 unspecified atom stereocenters. The maximum atomic E-state index is 12.5. The van der Waals surface area contributed by atoms with E-state index in [1.165, 1.54) is 16.7 Å². The number of aliphatic imine (C=N–C) groups is 1. The van der Waals surface area contributed by atoms with Crippen molar-refractivity contribution in [2.45, 2.75) is 39.3 Å². The van der Waals surface area contributed by atoms with Crippen molar-refractivity contribution < 1.29 is 4.79 Å². The molecule has 3 atom stereocenters. The number of carbonyl (C=O) groups excluding carboxylic acids is 1. The summed E-state index contributed by atoms with van der Waals surface area (Å²) in [6, 6.07) is 15.2. The van der Waals surface area contributed by atoms with E-state index in [-0.39, 0.29) is 23.9 Å². The Labute approximate surface area is 185 Å². The van der Waals surface area contributed by atoms with Crippen molar-refractivity contribution in [1.82, 2.24) is 5.32 Å². The fourth-order valence-electron chi connectivity index (χ4n) is 4.78. The molecule has 5 nitrogen and oxygen atoms in total. The molecule has 4 rings (SSSR count). The molecule has 0 saturated carbocycles. The molecule has 0 aliphatic carbocycles. The van der Waals surface area contributed by atoms with Gasteiger partial charge in [0, 0.05) is 50.1 Å². The van der Waals surface area contributed by atoms with E-state index in [4.69, 9.17) is 0 Å². The lowest BCUT2D eigenvalue weighted by Crippen LogP contribution is -2.48. The van der Waals surface area contributed by atoms with Crippen LogP contribution < -0.4 is 15.5 Å². The molecule has 2 aliphatic rings. The smallest absolute Gasteiger partial charge is 0.224 e. The second-order valence-electron chi connectivity index (χ2n) is 8.58. The summed E-state index contributed by atoms with van der Waals surface area (Å²) < 4.78 is 0. The van der Waals surface area contributed by atoms with E-state index in [0.717, 1.165) is 36.4 Å². The lowest BCUT2D eigenvalue weighted by molar-refractivity contribution is -0.117. The lowest BCUT2D eigenvalue weighted by Gasteiger charge is -2.44. The molecular weight excluding hydrogens is 384 g/mol. The van der Waals surface area contributed by atoms with Crippen molar-refractivity contribution in [2.24, 2.45) is 10.9 Å². The number of nitrogens with zero attached hydrogens (tertiary/aromatic N) is 2. The first-order valence-corrected chi connectivity index (χ1v) is 11.1. The highest BCUT2D eigenvalue weighted by molar-refractivity contribution is 5.94. The zero-order chi connectivity index (χ0) is 22.0. The van der Waals surface area contributed by atoms with Crippen LogP contribution in [0.3, 0.4) is 0 Å². The number of hydrogen-bond acceptors (Lipinski definition) is 4. The molecule has 5 heteroatoms. The molecular formula is C26H32N4O. The second kappa shape index (κ2) is 9.06. The predicted octanol–water partition coefficient (Wildman–Crippen LogP) is 4.66. The SMILES string of the molecule is C/N=C\c1ccc(NC2c3cc(C4=CCNCC4)ccc3N(C(C)=O)[C@@H](C)[C@@H]2C)cc1. The average molecular weight is 417 g/mol. The number of anilines is 2. The van der Waals surface area contributed by atoms with Gasteiger partial charge in [0.05, 0.1) is 6.04 Å². The monoisotopic (exact) mass is 416 g/mol. The van der Waals surface area contributed by atoms with E-state index in [2.05, 4.69) is 78.0 Å². The summed E-state index contributed by atoms with van der Waals surface area (Å²) in [6.07, 6.45) is 5.16. The summed E-state index contributed by atoms with van der Waals surface area (Å²) in [4.78, 5) is 18.6. The Morgan fingerprint density at radius 1 is 1.19 bits per heavy atom. The quantitative estimate of drug-likeness (QED) is 0.713. The third-order valence-corrected chi connectivity index (χ3v) is 6.60. The van der Waals surface area contributed by atoms with Crippen molar-refractivity contribution in [2.75, 3.05) is 30.4 Å². The van der Waals surface area contributed by atoms with Crippen molar-refractivity contribution in [3.63, 3.8) is 0 Å². The normalized spacial score (nSPS) is 23.4. The Kier molecular flexibility index (Phi) is 6.23. The minimum absolute atomic E-state index is 0.0936. The number of benzene rings is 2. The van der Waals surface area contributed by atoms with Gasteiger partial charge in [-0.05, 0) is 66.4 Å². The van der Waals surface area contributed by atoms with Crippen LogP contribution in [-0.4, -0.2) is 38.3 Å². The van der Waals surface area contributed by atoms with Crippen molar-refractivity contribution in [1.29, 1.82) is 0 Å². The fraction of sp³-hybridized carbons (Fsp3) is 0.385. The third kappa shape index (κ3) is 4.28. The predicted molar refractivity (Wildman–Crippen MR) is 130 cm³/mol. The molecule has 0 bridgehead atoms. The standard InChI is InChI=1S/C26H32N4O/c1-17-18(2)30(19(3)31)25-10-7-22(21-11-13-28-14-12-21)15-24(25)26(17)29-23-8-5-20(6-9-23)16-27-4/h5-11,15-18,26,28-29H,12-14H2,1-4H3/b27-16-/t17-,18-,26?/m0/s1. The van der Waals surface area contributed by atoms with Gasteiger partial charge in [0.1, 0.15) is 0 Å². The Morgan fingerprint density at radius 2 is 1.97 bits per heavy atom. The molecule has 2 N–H and O–H groups in total. The third-order valence-electron chi connectivity index (χ3n) is 6.60. The summed E-state index contributed by atoms with van der Waals surface area (Å²) in [5.41, 5.74) is 7.00. The molecule has 0 aromatic heterocycles. The van der Waals surface area contributed by atoms with E-state index in [1.807, 2.05) is 11.1 Å². The van der Waals surface area contributed by atoms with Crippen LogP contribution in [0.1, 0.15) is 49.9 Å². The molecule has 2 aromatic rings. The zero-order valence-electron chi connectivity index (χ0n) is 18.9. The molecule has 1 amide bonds. The van der Waals surface area contributed by atoms with E-state index in [0.29, 0.717) is 0 Å². The van der Waals surface area contributed by atoms with Crippen LogP contribution in [0.25, 0.3) is 5.57 Å². The number of nitrogens with one attached hydrogen (secondary N) is 2. The highest BCUT2D eigenvalue weighted by Crippen LogP contribution is 2.43. The average Bonchev–Trinajstić information content (AvgIpc) is 2.78. The number of rotatable bonds is 4. The maximum absolute atomic E-state index is 12.5. The lowest BCUT2D eigenvalue weighted by atomic mass is 9.81. The summed E-state index contributed by atoms with van der Waals surface area (Å²) in [7, 11) is 1.78. The Balaban J connectivity index is 1.74. The van der Waals surface area contributed by atoms with Gasteiger partial charge in [-0.15, -0.1) is 0 Å². The van der Waals surface area contributed by atoms with Gasteiger partial charge in [0.25, 0.3) is 0 Å². The largest absolute Gasteiger partial charge is 0.378 e. The number of fused-ring (bicyclic) bond motifs is 1. The van der Waals surface area contributed by atoms with Crippen molar-refractivity contribution in [3.05, 3.63) is 65.2 Å². The summed E-state index contributed by atoms with van der Waals surface area (Å²) in [5, 5.41) is 7.15. The second-order valence-corrected chi connectivity index (χ2v) is 8.58. The van der Waals surface area contributed by atoms with Crippen molar-refractivity contribution >= 4 is 29.1 Å². The van der Waals surface area contributed by atoms with Gasteiger partial charge < -0.3 is 15.5 Å². The van der Waals surface area contributed by atoms with Crippen LogP contribution in [0, 0.1) is 5.92 Å². The minimum atomic E-state index is 0.0936. The van der Waals surface area contributed by atoms with Crippen LogP contribution in [0.2, 0.25) is 0 Å². The van der Waals surface area contributed by atoms with Gasteiger partial charge in [0.2, 0.25) is 5.91 Å². The summed E-state index contributed by atoms with van der Waals surface area (Å²) in [5.74, 6) is 0.349. The van der Waals surface area contributed by atoms with E-state index < -0.39 is 0 Å². The van der Waals surface area contributed by atoms with Crippen LogP contribution in [0.15, 0.2) is 53.5 Å². The van der Waals surface area contributed by atoms with E-state index in [9.17, 15) is 4.79 Å². The molecule has 2 aromatic carbocycles. The number of hydrogen-bond donors (Lipinski definition) is 2. The summed E-state index contributed by atoms with van der Waals surface area (Å²) in [6.45, 7) is 7.96. The van der Waals surface area contributed by atoms with Gasteiger partial charge >= 0.3 is 0 Å². The number of carbonyl (C=O) groups is 1. The Bertz CT molecular complexity index is 1010. The van der Waals surface area contributed by atoms with Gasteiger partial charge in [-0.2, -0.15) is 0 Å². The maximum Gasteiger partial charge on any atom is 0.224 e. The van der Waals surface area contributed by atoms with Crippen LogP contribution in [0.4, 0.5) is 11.4 Å². The van der Waals surface area contributed by atoms with Crippen LogP contribution in [-0.2, 0) is 4.79 Å². The first-order chi connectivity index (χ1) is 15.0. The fourth-order valence-corrected chi connectivity index (χ4v) is 4.78. The first-order valence-electron chi connectivity index (χ1n) is 11.1. The van der Waals surface area contributed by atoms with Gasteiger partial charge in [-0.3, -0.25) is 9.79 Å². The molecule has 2 aliphatic heterocycles. The van der Waals surface area contributed by atoms with Crippen LogP contribution in [0.5, 0.6) is 0 Å².